The number of hydrogen-bond acceptors (Lipinski definition) is 1. The average Bonchev–Trinajstić information content (AvgIpc) is 2.36. The van der Waals surface area contributed by atoms with E-state index >= 15 is 0 Å². The molecule has 3 atom stereocenters. The van der Waals surface area contributed by atoms with Gasteiger partial charge in [-0.25, -0.2) is 0 Å². The Labute approximate surface area is 92.2 Å². The molecule has 2 aliphatic carbocycles. The molecule has 1 heteroatoms. The zero-order valence-electron chi connectivity index (χ0n) is 9.77. The second kappa shape index (κ2) is 3.64. The fourth-order valence-corrected chi connectivity index (χ4v) is 2.82. The first kappa shape index (κ1) is 10.7. The van der Waals surface area contributed by atoms with E-state index in [1.807, 2.05) is 6.08 Å². The molecule has 0 saturated heterocycles. The fourth-order valence-electron chi connectivity index (χ4n) is 2.82. The number of fused-ring (bicyclic) bond motifs is 1. The summed E-state index contributed by atoms with van der Waals surface area (Å²) in [4.78, 5) is 0. The lowest BCUT2D eigenvalue weighted by atomic mass is 9.79. The summed E-state index contributed by atoms with van der Waals surface area (Å²) in [5.74, 6) is 1.13. The molecule has 0 aromatic heterocycles. The van der Waals surface area contributed by atoms with Crippen LogP contribution >= 0.6 is 0 Å². The van der Waals surface area contributed by atoms with Gasteiger partial charge in [-0.3, -0.25) is 0 Å². The highest BCUT2D eigenvalue weighted by Gasteiger charge is 2.46. The van der Waals surface area contributed by atoms with Crippen molar-refractivity contribution in [3.05, 3.63) is 36.0 Å². The second-order valence-electron chi connectivity index (χ2n) is 5.25. The molecule has 0 aromatic carbocycles. The minimum Gasteiger partial charge on any atom is -0.392 e. The van der Waals surface area contributed by atoms with E-state index in [4.69, 9.17) is 0 Å². The van der Waals surface area contributed by atoms with Gasteiger partial charge in [-0.15, -0.1) is 0 Å². The highest BCUT2D eigenvalue weighted by atomic mass is 16.3. The Morgan fingerprint density at radius 1 is 1.33 bits per heavy atom. The zero-order chi connectivity index (χ0) is 11.1. The van der Waals surface area contributed by atoms with Crippen LogP contribution in [-0.4, -0.2) is 11.2 Å². The number of aliphatic hydroxyl groups is 1. The Hall–Kier alpha value is -0.820. The van der Waals surface area contributed by atoms with Gasteiger partial charge in [-0.2, -0.15) is 0 Å². The maximum Gasteiger partial charge on any atom is 0.0671 e. The number of aliphatic hydroxyl groups excluding tert-OH is 1. The molecule has 1 fully saturated rings. The van der Waals surface area contributed by atoms with E-state index < -0.39 is 0 Å². The highest BCUT2D eigenvalue weighted by Crippen LogP contribution is 2.50. The van der Waals surface area contributed by atoms with Gasteiger partial charge in [0.1, 0.15) is 0 Å². The molecule has 0 heterocycles. The Morgan fingerprint density at radius 2 is 2.07 bits per heavy atom. The van der Waals surface area contributed by atoms with Gasteiger partial charge in [-0.05, 0) is 25.2 Å². The van der Waals surface area contributed by atoms with Crippen LogP contribution in [0.25, 0.3) is 0 Å². The van der Waals surface area contributed by atoms with Crippen molar-refractivity contribution in [1.29, 1.82) is 0 Å². The summed E-state index contributed by atoms with van der Waals surface area (Å²) in [6.45, 7) is 6.62. The van der Waals surface area contributed by atoms with Gasteiger partial charge in [0.25, 0.3) is 0 Å². The number of hydrogen-bond donors (Lipinski definition) is 1. The van der Waals surface area contributed by atoms with Crippen molar-refractivity contribution in [2.75, 3.05) is 0 Å². The summed E-state index contributed by atoms with van der Waals surface area (Å²) < 4.78 is 0. The largest absolute Gasteiger partial charge is 0.392 e. The number of rotatable bonds is 1. The molecule has 0 aromatic rings. The van der Waals surface area contributed by atoms with Gasteiger partial charge in [0, 0.05) is 5.41 Å². The molecule has 2 aliphatic rings. The molecular weight excluding hydrogens is 184 g/mol. The first-order valence-electron chi connectivity index (χ1n) is 5.80. The topological polar surface area (TPSA) is 20.2 Å². The Kier molecular flexibility index (Phi) is 2.59. The van der Waals surface area contributed by atoms with Gasteiger partial charge in [0.15, 0.2) is 0 Å². The molecule has 2 rings (SSSR count). The minimum absolute atomic E-state index is 0.140. The van der Waals surface area contributed by atoms with Crippen LogP contribution in [0.3, 0.4) is 0 Å². The van der Waals surface area contributed by atoms with E-state index in [1.54, 1.807) is 0 Å². The first-order valence-corrected chi connectivity index (χ1v) is 5.80. The lowest BCUT2D eigenvalue weighted by Gasteiger charge is -2.27. The zero-order valence-corrected chi connectivity index (χ0v) is 9.77. The van der Waals surface area contributed by atoms with Crippen LogP contribution in [0, 0.1) is 17.3 Å². The van der Waals surface area contributed by atoms with Crippen LogP contribution in [0.15, 0.2) is 36.0 Å². The van der Waals surface area contributed by atoms with Crippen molar-refractivity contribution in [3.63, 3.8) is 0 Å². The van der Waals surface area contributed by atoms with Crippen molar-refractivity contribution >= 4 is 0 Å². The Balaban J connectivity index is 2.43. The van der Waals surface area contributed by atoms with E-state index in [0.29, 0.717) is 11.8 Å². The Bertz CT molecular complexity index is 335. The second-order valence-corrected chi connectivity index (χ2v) is 5.25. The molecule has 0 aliphatic heterocycles. The Morgan fingerprint density at radius 3 is 2.73 bits per heavy atom. The van der Waals surface area contributed by atoms with Crippen LogP contribution in [0.4, 0.5) is 0 Å². The summed E-state index contributed by atoms with van der Waals surface area (Å²) in [7, 11) is 0. The molecule has 0 radical (unpaired) electrons. The van der Waals surface area contributed by atoms with Crippen LogP contribution in [-0.2, 0) is 0 Å². The van der Waals surface area contributed by atoms with Crippen molar-refractivity contribution in [3.8, 4) is 0 Å². The molecular formula is C14H20O. The van der Waals surface area contributed by atoms with Gasteiger partial charge in [-0.1, -0.05) is 49.8 Å². The van der Waals surface area contributed by atoms with Gasteiger partial charge < -0.3 is 5.11 Å². The molecule has 15 heavy (non-hydrogen) atoms. The summed E-state index contributed by atoms with van der Waals surface area (Å²) in [5, 5.41) is 10.2. The maximum absolute atomic E-state index is 10.2. The molecule has 1 nitrogen and oxygen atoms in total. The van der Waals surface area contributed by atoms with Crippen molar-refractivity contribution in [2.24, 2.45) is 17.3 Å². The van der Waals surface area contributed by atoms with Crippen molar-refractivity contribution < 1.29 is 5.11 Å². The molecule has 0 bridgehead atoms. The van der Waals surface area contributed by atoms with Crippen LogP contribution < -0.4 is 0 Å². The average molecular weight is 204 g/mol. The van der Waals surface area contributed by atoms with Crippen LogP contribution in [0.5, 0.6) is 0 Å². The monoisotopic (exact) mass is 204 g/mol. The summed E-state index contributed by atoms with van der Waals surface area (Å²) in [5.41, 5.74) is 1.26. The van der Waals surface area contributed by atoms with E-state index in [0.717, 1.165) is 6.42 Å². The number of allylic oxidation sites excluding steroid dienone is 4. The SMILES string of the molecule is CC(C)[C@@H]1CC(O)C2(C)C=CC=CC=C12. The van der Waals surface area contributed by atoms with Crippen LogP contribution in [0.2, 0.25) is 0 Å². The van der Waals surface area contributed by atoms with E-state index in [9.17, 15) is 5.11 Å². The molecule has 1 N–H and O–H groups in total. The molecule has 0 amide bonds. The first-order chi connectivity index (χ1) is 7.05. The van der Waals surface area contributed by atoms with Gasteiger partial charge >= 0.3 is 0 Å². The molecule has 0 spiro atoms. The van der Waals surface area contributed by atoms with Crippen molar-refractivity contribution in [2.45, 2.75) is 33.3 Å². The van der Waals surface area contributed by atoms with E-state index in [-0.39, 0.29) is 11.5 Å². The summed E-state index contributed by atoms with van der Waals surface area (Å²) >= 11 is 0. The predicted molar refractivity (Wildman–Crippen MR) is 63.4 cm³/mol. The summed E-state index contributed by atoms with van der Waals surface area (Å²) in [6, 6.07) is 0. The third-order valence-electron chi connectivity index (χ3n) is 3.94. The quantitative estimate of drug-likeness (QED) is 0.696. The maximum atomic E-state index is 10.2. The standard InChI is InChI=1S/C14H20O/c1-10(2)11-9-13(15)14(3)8-6-4-5-7-12(11)14/h4-8,10-11,13,15H,9H2,1-3H3/t11-,13?,14?/m0/s1. The molecule has 1 saturated carbocycles. The van der Waals surface area contributed by atoms with Crippen molar-refractivity contribution in [1.82, 2.24) is 0 Å². The van der Waals surface area contributed by atoms with Gasteiger partial charge in [0.2, 0.25) is 0 Å². The third kappa shape index (κ3) is 1.59. The smallest absolute Gasteiger partial charge is 0.0671 e. The lowest BCUT2D eigenvalue weighted by molar-refractivity contribution is 0.108. The summed E-state index contributed by atoms with van der Waals surface area (Å²) in [6.07, 6.45) is 11.2. The van der Waals surface area contributed by atoms with Crippen LogP contribution in [0.1, 0.15) is 27.2 Å². The normalized spacial score (nSPS) is 39.1. The van der Waals surface area contributed by atoms with E-state index in [1.165, 1.54) is 5.57 Å². The third-order valence-corrected chi connectivity index (χ3v) is 3.94. The van der Waals surface area contributed by atoms with Gasteiger partial charge in [0.05, 0.1) is 6.10 Å². The fraction of sp³-hybridized carbons (Fsp3) is 0.571. The minimum atomic E-state index is -0.229. The van der Waals surface area contributed by atoms with E-state index in [2.05, 4.69) is 45.1 Å². The lowest BCUT2D eigenvalue weighted by Crippen LogP contribution is -2.25. The predicted octanol–water partition coefficient (Wildman–Crippen LogP) is 3.08. The highest BCUT2D eigenvalue weighted by molar-refractivity contribution is 5.37. The molecule has 82 valence electrons. The molecule has 2 unspecified atom stereocenters.